The van der Waals surface area contributed by atoms with E-state index in [9.17, 15) is 0 Å². The van der Waals surface area contributed by atoms with Crippen molar-refractivity contribution in [3.8, 4) is 11.5 Å². The first-order chi connectivity index (χ1) is 8.26. The molecule has 0 bridgehead atoms. The van der Waals surface area contributed by atoms with E-state index < -0.39 is 0 Å². The molecule has 0 aliphatic heterocycles. The molecule has 0 amide bonds. The minimum Gasteiger partial charge on any atom is -0.493 e. The van der Waals surface area contributed by atoms with Crippen molar-refractivity contribution in [3.05, 3.63) is 23.8 Å². The fraction of sp³-hybridized carbons (Fsp3) is 0.571. The standard InChI is InChI=1S/C14H21NO2/c1-16-13-5-3-4-11(14(13)17-2)12(15)9-8-10-6-7-10/h3-5,10,12H,6-9,15H2,1-2H3. The highest BCUT2D eigenvalue weighted by Gasteiger charge is 2.23. The molecule has 1 unspecified atom stereocenters. The van der Waals surface area contributed by atoms with Crippen molar-refractivity contribution >= 4 is 0 Å². The summed E-state index contributed by atoms with van der Waals surface area (Å²) >= 11 is 0. The van der Waals surface area contributed by atoms with Crippen LogP contribution in [0.3, 0.4) is 0 Å². The Bertz CT molecular complexity index is 374. The van der Waals surface area contributed by atoms with E-state index in [4.69, 9.17) is 15.2 Å². The minimum absolute atomic E-state index is 0.0423. The number of hydrogen-bond donors (Lipinski definition) is 1. The largest absolute Gasteiger partial charge is 0.493 e. The van der Waals surface area contributed by atoms with Gasteiger partial charge >= 0.3 is 0 Å². The van der Waals surface area contributed by atoms with Gasteiger partial charge in [-0.1, -0.05) is 25.0 Å². The number of nitrogens with two attached hydrogens (primary N) is 1. The molecule has 1 aliphatic rings. The number of rotatable bonds is 6. The summed E-state index contributed by atoms with van der Waals surface area (Å²) in [6.07, 6.45) is 5.00. The maximum Gasteiger partial charge on any atom is 0.165 e. The van der Waals surface area contributed by atoms with Crippen LogP contribution in [-0.2, 0) is 0 Å². The molecule has 2 rings (SSSR count). The molecule has 0 saturated heterocycles. The summed E-state index contributed by atoms with van der Waals surface area (Å²) < 4.78 is 10.7. The topological polar surface area (TPSA) is 44.5 Å². The molecular weight excluding hydrogens is 214 g/mol. The van der Waals surface area contributed by atoms with E-state index in [1.807, 2.05) is 18.2 Å². The van der Waals surface area contributed by atoms with E-state index in [-0.39, 0.29) is 6.04 Å². The number of ether oxygens (including phenoxy) is 2. The van der Waals surface area contributed by atoms with Crippen LogP contribution in [-0.4, -0.2) is 14.2 Å². The van der Waals surface area contributed by atoms with Crippen molar-refractivity contribution in [2.45, 2.75) is 31.7 Å². The summed E-state index contributed by atoms with van der Waals surface area (Å²) in [5.74, 6) is 2.45. The fourth-order valence-corrected chi connectivity index (χ4v) is 2.18. The molecule has 2 N–H and O–H groups in total. The predicted octanol–water partition coefficient (Wildman–Crippen LogP) is 2.89. The van der Waals surface area contributed by atoms with Gasteiger partial charge in [0.2, 0.25) is 0 Å². The third kappa shape index (κ3) is 2.91. The van der Waals surface area contributed by atoms with Gasteiger partial charge < -0.3 is 15.2 Å². The van der Waals surface area contributed by atoms with Crippen LogP contribution >= 0.6 is 0 Å². The normalized spacial score (nSPS) is 16.6. The van der Waals surface area contributed by atoms with Crippen LogP contribution < -0.4 is 15.2 Å². The number of hydrogen-bond acceptors (Lipinski definition) is 3. The summed E-state index contributed by atoms with van der Waals surface area (Å²) in [5.41, 5.74) is 7.28. The highest BCUT2D eigenvalue weighted by molar-refractivity contribution is 5.47. The lowest BCUT2D eigenvalue weighted by atomic mass is 10.00. The highest BCUT2D eigenvalue weighted by atomic mass is 16.5. The maximum atomic E-state index is 6.24. The van der Waals surface area contributed by atoms with Gasteiger partial charge in [0.25, 0.3) is 0 Å². The lowest BCUT2D eigenvalue weighted by Gasteiger charge is -2.17. The molecule has 0 spiro atoms. The molecular formula is C14H21NO2. The molecule has 0 aromatic heterocycles. The average molecular weight is 235 g/mol. The molecule has 1 aliphatic carbocycles. The van der Waals surface area contributed by atoms with E-state index in [2.05, 4.69) is 0 Å². The summed E-state index contributed by atoms with van der Waals surface area (Å²) in [4.78, 5) is 0. The SMILES string of the molecule is COc1cccc(C(N)CCC2CC2)c1OC. The Balaban J connectivity index is 2.11. The Morgan fingerprint density at radius 1 is 1.29 bits per heavy atom. The van der Waals surface area contributed by atoms with Gasteiger partial charge in [-0.25, -0.2) is 0 Å². The smallest absolute Gasteiger partial charge is 0.165 e. The van der Waals surface area contributed by atoms with E-state index in [0.29, 0.717) is 0 Å². The molecule has 1 fully saturated rings. The molecule has 1 atom stereocenters. The van der Waals surface area contributed by atoms with Gasteiger partial charge in [0.15, 0.2) is 11.5 Å². The molecule has 0 radical (unpaired) electrons. The van der Waals surface area contributed by atoms with Crippen LogP contribution in [0.4, 0.5) is 0 Å². The van der Waals surface area contributed by atoms with E-state index in [1.54, 1.807) is 14.2 Å². The third-order valence-corrected chi connectivity index (χ3v) is 3.42. The number of benzene rings is 1. The molecule has 17 heavy (non-hydrogen) atoms. The van der Waals surface area contributed by atoms with Gasteiger partial charge in [0.05, 0.1) is 14.2 Å². The molecule has 94 valence electrons. The Morgan fingerprint density at radius 2 is 2.06 bits per heavy atom. The van der Waals surface area contributed by atoms with Crippen molar-refractivity contribution in [3.63, 3.8) is 0 Å². The average Bonchev–Trinajstić information content (AvgIpc) is 3.18. The quantitative estimate of drug-likeness (QED) is 0.824. The molecule has 3 nitrogen and oxygen atoms in total. The first-order valence-corrected chi connectivity index (χ1v) is 6.22. The van der Waals surface area contributed by atoms with Crippen LogP contribution in [0.2, 0.25) is 0 Å². The number of para-hydroxylation sites is 1. The van der Waals surface area contributed by atoms with Gasteiger partial charge in [-0.2, -0.15) is 0 Å². The second-order valence-electron chi connectivity index (χ2n) is 4.71. The van der Waals surface area contributed by atoms with Crippen LogP contribution in [0.15, 0.2) is 18.2 Å². The Labute approximate surface area is 103 Å². The summed E-state index contributed by atoms with van der Waals surface area (Å²) in [6.45, 7) is 0. The fourth-order valence-electron chi connectivity index (χ4n) is 2.18. The molecule has 1 aromatic carbocycles. The third-order valence-electron chi connectivity index (χ3n) is 3.42. The first-order valence-electron chi connectivity index (χ1n) is 6.22. The van der Waals surface area contributed by atoms with Crippen LogP contribution in [0, 0.1) is 5.92 Å². The van der Waals surface area contributed by atoms with Crippen LogP contribution in [0.1, 0.15) is 37.3 Å². The molecule has 3 heteroatoms. The zero-order valence-electron chi connectivity index (χ0n) is 10.6. The summed E-state index contributed by atoms with van der Waals surface area (Å²) in [7, 11) is 3.31. The van der Waals surface area contributed by atoms with Gasteiger partial charge in [-0.3, -0.25) is 0 Å². The lowest BCUT2D eigenvalue weighted by Crippen LogP contribution is -2.12. The lowest BCUT2D eigenvalue weighted by molar-refractivity contribution is 0.348. The van der Waals surface area contributed by atoms with Crippen LogP contribution in [0.25, 0.3) is 0 Å². The van der Waals surface area contributed by atoms with Gasteiger partial charge in [0, 0.05) is 11.6 Å². The molecule has 1 aromatic rings. The van der Waals surface area contributed by atoms with E-state index in [1.165, 1.54) is 19.3 Å². The molecule has 1 saturated carbocycles. The summed E-state index contributed by atoms with van der Waals surface area (Å²) in [6, 6.07) is 5.93. The minimum atomic E-state index is 0.0423. The Kier molecular flexibility index (Phi) is 3.89. The van der Waals surface area contributed by atoms with Crippen molar-refractivity contribution in [2.24, 2.45) is 11.7 Å². The molecule has 0 heterocycles. The Morgan fingerprint density at radius 3 is 2.65 bits per heavy atom. The van der Waals surface area contributed by atoms with Gasteiger partial charge in [-0.05, 0) is 24.8 Å². The van der Waals surface area contributed by atoms with Crippen molar-refractivity contribution in [1.29, 1.82) is 0 Å². The maximum absolute atomic E-state index is 6.24. The first kappa shape index (κ1) is 12.2. The van der Waals surface area contributed by atoms with E-state index >= 15 is 0 Å². The number of methoxy groups -OCH3 is 2. The van der Waals surface area contributed by atoms with Gasteiger partial charge in [0.1, 0.15) is 0 Å². The Hall–Kier alpha value is -1.22. The van der Waals surface area contributed by atoms with Crippen molar-refractivity contribution in [1.82, 2.24) is 0 Å². The van der Waals surface area contributed by atoms with Crippen molar-refractivity contribution in [2.75, 3.05) is 14.2 Å². The van der Waals surface area contributed by atoms with Crippen molar-refractivity contribution < 1.29 is 9.47 Å². The predicted molar refractivity (Wildman–Crippen MR) is 68.4 cm³/mol. The second kappa shape index (κ2) is 5.41. The zero-order chi connectivity index (χ0) is 12.3. The van der Waals surface area contributed by atoms with Gasteiger partial charge in [-0.15, -0.1) is 0 Å². The van der Waals surface area contributed by atoms with E-state index in [0.717, 1.165) is 29.4 Å². The zero-order valence-corrected chi connectivity index (χ0v) is 10.6. The second-order valence-corrected chi connectivity index (χ2v) is 4.71. The monoisotopic (exact) mass is 235 g/mol. The highest BCUT2D eigenvalue weighted by Crippen LogP contribution is 2.39. The summed E-state index contributed by atoms with van der Waals surface area (Å²) in [5, 5.41) is 0. The van der Waals surface area contributed by atoms with Crippen LogP contribution in [0.5, 0.6) is 11.5 Å².